The van der Waals surface area contributed by atoms with Gasteiger partial charge in [-0.1, -0.05) is 101 Å². The number of benzene rings is 2. The van der Waals surface area contributed by atoms with Crippen LogP contribution in [0.15, 0.2) is 61.2 Å². The summed E-state index contributed by atoms with van der Waals surface area (Å²) in [4.78, 5) is 0. The Labute approximate surface area is 213 Å². The summed E-state index contributed by atoms with van der Waals surface area (Å²) in [5, 5.41) is 0. The Kier molecular flexibility index (Phi) is 13.0. The fraction of sp³-hybridized carbons (Fsp3) is 0.562. The van der Waals surface area contributed by atoms with Crippen molar-refractivity contribution in [3.63, 3.8) is 0 Å². The molecule has 2 aromatic rings. The van der Waals surface area contributed by atoms with E-state index in [-0.39, 0.29) is 6.29 Å². The van der Waals surface area contributed by atoms with Crippen molar-refractivity contribution in [3.8, 4) is 16.9 Å². The van der Waals surface area contributed by atoms with Crippen LogP contribution in [0.25, 0.3) is 11.1 Å². The SMILES string of the molecule is C=CCCCCCC[C@H]1CO[C@H](c2ccc(-c3ccc(OCCCCCCCC)cc3)cc2)OC1. The van der Waals surface area contributed by atoms with E-state index in [1.807, 2.05) is 6.08 Å². The smallest absolute Gasteiger partial charge is 0.183 e. The first-order valence-corrected chi connectivity index (χ1v) is 14.0. The highest BCUT2D eigenvalue weighted by Gasteiger charge is 2.23. The lowest BCUT2D eigenvalue weighted by Gasteiger charge is -2.29. The summed E-state index contributed by atoms with van der Waals surface area (Å²) in [6.45, 7) is 8.43. The second kappa shape index (κ2) is 16.5. The Hall–Kier alpha value is -2.10. The summed E-state index contributed by atoms with van der Waals surface area (Å²) in [6.07, 6.45) is 16.9. The highest BCUT2D eigenvalue weighted by molar-refractivity contribution is 5.64. The van der Waals surface area contributed by atoms with Crippen LogP contribution in [-0.2, 0) is 9.47 Å². The van der Waals surface area contributed by atoms with E-state index in [1.165, 1.54) is 75.3 Å². The zero-order valence-corrected chi connectivity index (χ0v) is 21.9. The number of unbranched alkanes of at least 4 members (excludes halogenated alkanes) is 9. The van der Waals surface area contributed by atoms with E-state index >= 15 is 0 Å². The standard InChI is InChI=1S/C32H46O3/c1-3-5-7-9-11-13-15-27-25-34-32(35-26-27)30-18-16-28(17-19-30)29-20-22-31(23-21-29)33-24-14-12-10-8-6-4-2/h3,16-23,27,32H,1,4-15,24-26H2,2H3/t27-,32-. The molecule has 0 aromatic heterocycles. The summed E-state index contributed by atoms with van der Waals surface area (Å²) >= 11 is 0. The molecule has 0 radical (unpaired) electrons. The molecule has 3 heteroatoms. The summed E-state index contributed by atoms with van der Waals surface area (Å²) in [7, 11) is 0. The topological polar surface area (TPSA) is 27.7 Å². The zero-order valence-electron chi connectivity index (χ0n) is 21.9. The minimum atomic E-state index is -0.245. The largest absolute Gasteiger partial charge is 0.494 e. The van der Waals surface area contributed by atoms with E-state index in [1.54, 1.807) is 0 Å². The van der Waals surface area contributed by atoms with Gasteiger partial charge in [0.15, 0.2) is 6.29 Å². The molecule has 2 aromatic carbocycles. The van der Waals surface area contributed by atoms with E-state index in [9.17, 15) is 0 Å². The molecule has 1 aliphatic heterocycles. The van der Waals surface area contributed by atoms with Gasteiger partial charge in [-0.3, -0.25) is 0 Å². The first kappa shape index (κ1) is 27.5. The van der Waals surface area contributed by atoms with E-state index in [0.717, 1.165) is 44.0 Å². The minimum absolute atomic E-state index is 0.245. The quantitative estimate of drug-likeness (QED) is 0.167. The van der Waals surface area contributed by atoms with Crippen molar-refractivity contribution >= 4 is 0 Å². The predicted molar refractivity (Wildman–Crippen MR) is 147 cm³/mol. The molecule has 3 nitrogen and oxygen atoms in total. The van der Waals surface area contributed by atoms with Gasteiger partial charge in [0.1, 0.15) is 5.75 Å². The molecule has 0 atom stereocenters. The van der Waals surface area contributed by atoms with Crippen molar-refractivity contribution in [1.29, 1.82) is 0 Å². The van der Waals surface area contributed by atoms with Gasteiger partial charge in [0, 0.05) is 11.5 Å². The second-order valence-corrected chi connectivity index (χ2v) is 9.91. The van der Waals surface area contributed by atoms with Gasteiger partial charge in [0.05, 0.1) is 19.8 Å². The lowest BCUT2D eigenvalue weighted by atomic mass is 10.0. The molecule has 1 aliphatic rings. The highest BCUT2D eigenvalue weighted by atomic mass is 16.7. The van der Waals surface area contributed by atoms with Crippen LogP contribution in [0, 0.1) is 5.92 Å². The van der Waals surface area contributed by atoms with Gasteiger partial charge in [-0.15, -0.1) is 6.58 Å². The van der Waals surface area contributed by atoms with Crippen molar-refractivity contribution in [3.05, 3.63) is 66.7 Å². The van der Waals surface area contributed by atoms with Crippen LogP contribution in [0.4, 0.5) is 0 Å². The molecule has 0 spiro atoms. The third-order valence-electron chi connectivity index (χ3n) is 6.87. The first-order valence-electron chi connectivity index (χ1n) is 14.0. The van der Waals surface area contributed by atoms with Crippen molar-refractivity contribution in [2.45, 2.75) is 90.3 Å². The zero-order chi connectivity index (χ0) is 24.6. The third kappa shape index (κ3) is 10.2. The lowest BCUT2D eigenvalue weighted by molar-refractivity contribution is -0.206. The number of hydrogen-bond acceptors (Lipinski definition) is 3. The second-order valence-electron chi connectivity index (χ2n) is 9.91. The van der Waals surface area contributed by atoms with E-state index < -0.39 is 0 Å². The summed E-state index contributed by atoms with van der Waals surface area (Å²) in [5.41, 5.74) is 3.49. The Balaban J connectivity index is 1.35. The molecule has 35 heavy (non-hydrogen) atoms. The van der Waals surface area contributed by atoms with Gasteiger partial charge in [-0.25, -0.2) is 0 Å². The number of ether oxygens (including phenoxy) is 3. The number of rotatable bonds is 17. The molecule has 0 unspecified atom stereocenters. The minimum Gasteiger partial charge on any atom is -0.494 e. The summed E-state index contributed by atoms with van der Waals surface area (Å²) < 4.78 is 18.0. The monoisotopic (exact) mass is 478 g/mol. The van der Waals surface area contributed by atoms with Crippen LogP contribution in [-0.4, -0.2) is 19.8 Å². The Morgan fingerprint density at radius 1 is 0.771 bits per heavy atom. The molecule has 0 saturated carbocycles. The number of hydrogen-bond donors (Lipinski definition) is 0. The number of allylic oxidation sites excluding steroid dienone is 1. The molecule has 3 rings (SSSR count). The van der Waals surface area contributed by atoms with Gasteiger partial charge >= 0.3 is 0 Å². The van der Waals surface area contributed by atoms with Crippen molar-refractivity contribution < 1.29 is 14.2 Å². The summed E-state index contributed by atoms with van der Waals surface area (Å²) in [6, 6.07) is 17.0. The molecule has 0 amide bonds. The van der Waals surface area contributed by atoms with Crippen molar-refractivity contribution in [1.82, 2.24) is 0 Å². The van der Waals surface area contributed by atoms with Gasteiger partial charge in [-0.2, -0.15) is 0 Å². The molecule has 1 saturated heterocycles. The Morgan fingerprint density at radius 2 is 1.37 bits per heavy atom. The normalized spacial score (nSPS) is 17.9. The highest BCUT2D eigenvalue weighted by Crippen LogP contribution is 2.30. The molecule has 192 valence electrons. The fourth-order valence-corrected chi connectivity index (χ4v) is 4.63. The van der Waals surface area contributed by atoms with Crippen molar-refractivity contribution in [2.24, 2.45) is 5.92 Å². The fourth-order valence-electron chi connectivity index (χ4n) is 4.63. The van der Waals surface area contributed by atoms with E-state index in [0.29, 0.717) is 5.92 Å². The molecule has 1 heterocycles. The average molecular weight is 479 g/mol. The predicted octanol–water partition coefficient (Wildman–Crippen LogP) is 9.28. The third-order valence-corrected chi connectivity index (χ3v) is 6.87. The molecule has 1 fully saturated rings. The molecule has 0 bridgehead atoms. The maximum atomic E-state index is 6.06. The van der Waals surface area contributed by atoms with Gasteiger partial charge in [0.2, 0.25) is 0 Å². The van der Waals surface area contributed by atoms with Crippen LogP contribution in [0.1, 0.15) is 95.8 Å². The summed E-state index contributed by atoms with van der Waals surface area (Å²) in [5.74, 6) is 1.47. The molecule has 0 aliphatic carbocycles. The maximum absolute atomic E-state index is 6.06. The van der Waals surface area contributed by atoms with Gasteiger partial charge in [-0.05, 0) is 48.9 Å². The van der Waals surface area contributed by atoms with Crippen LogP contribution >= 0.6 is 0 Å². The molecular formula is C32H46O3. The molecule has 0 N–H and O–H groups in total. The maximum Gasteiger partial charge on any atom is 0.183 e. The van der Waals surface area contributed by atoms with Gasteiger partial charge < -0.3 is 14.2 Å². The van der Waals surface area contributed by atoms with Gasteiger partial charge in [0.25, 0.3) is 0 Å². The first-order chi connectivity index (χ1) is 17.3. The van der Waals surface area contributed by atoms with Crippen LogP contribution in [0.2, 0.25) is 0 Å². The Morgan fingerprint density at radius 3 is 2.06 bits per heavy atom. The average Bonchev–Trinajstić information content (AvgIpc) is 2.91. The van der Waals surface area contributed by atoms with Crippen LogP contribution < -0.4 is 4.74 Å². The lowest BCUT2D eigenvalue weighted by Crippen LogP contribution is -2.27. The van der Waals surface area contributed by atoms with Crippen LogP contribution in [0.5, 0.6) is 5.75 Å². The van der Waals surface area contributed by atoms with E-state index in [2.05, 4.69) is 62.0 Å². The van der Waals surface area contributed by atoms with E-state index in [4.69, 9.17) is 14.2 Å². The van der Waals surface area contributed by atoms with Crippen LogP contribution in [0.3, 0.4) is 0 Å². The Bertz CT molecular complexity index is 804. The van der Waals surface area contributed by atoms with Crippen molar-refractivity contribution in [2.75, 3.05) is 19.8 Å². The molecular weight excluding hydrogens is 432 g/mol.